The van der Waals surface area contributed by atoms with Gasteiger partial charge in [-0.25, -0.2) is 4.98 Å². The Kier molecular flexibility index (Phi) is 3.63. The van der Waals surface area contributed by atoms with Crippen LogP contribution in [0.25, 0.3) is 0 Å². The van der Waals surface area contributed by atoms with E-state index in [0.717, 1.165) is 49.7 Å². The summed E-state index contributed by atoms with van der Waals surface area (Å²) in [6.07, 6.45) is 6.72. The van der Waals surface area contributed by atoms with Crippen LogP contribution in [0.15, 0.2) is 24.5 Å². The maximum absolute atomic E-state index is 11.8. The average molecular weight is 314 g/mol. The Labute approximate surface area is 133 Å². The third kappa shape index (κ3) is 3.03. The van der Waals surface area contributed by atoms with Gasteiger partial charge in [0.1, 0.15) is 0 Å². The van der Waals surface area contributed by atoms with Gasteiger partial charge in [-0.05, 0) is 24.5 Å². The van der Waals surface area contributed by atoms with E-state index in [1.54, 1.807) is 17.5 Å². The number of hydrogen-bond donors (Lipinski definition) is 1. The molecule has 0 saturated heterocycles. The number of hydrogen-bond acceptors (Lipinski definition) is 5. The molecule has 0 bridgehead atoms. The Morgan fingerprint density at radius 2 is 2.36 bits per heavy atom. The molecule has 4 rings (SSSR count). The molecule has 114 valence electrons. The van der Waals surface area contributed by atoms with Crippen molar-refractivity contribution in [2.24, 2.45) is 5.92 Å². The summed E-state index contributed by atoms with van der Waals surface area (Å²) in [4.78, 5) is 24.3. The minimum absolute atomic E-state index is 0.137. The molecule has 6 heteroatoms. The second kappa shape index (κ2) is 5.78. The Morgan fingerprint density at radius 3 is 3.14 bits per heavy atom. The summed E-state index contributed by atoms with van der Waals surface area (Å²) in [5, 5.41) is 3.73. The number of anilines is 1. The van der Waals surface area contributed by atoms with Crippen molar-refractivity contribution in [3.63, 3.8) is 0 Å². The molecule has 0 radical (unpaired) electrons. The maximum atomic E-state index is 11.8. The lowest BCUT2D eigenvalue weighted by molar-refractivity contribution is -0.117. The highest BCUT2D eigenvalue weighted by molar-refractivity contribution is 7.15. The molecule has 5 nitrogen and oxygen atoms in total. The Bertz CT molecular complexity index is 681. The summed E-state index contributed by atoms with van der Waals surface area (Å²) in [5.74, 6) is 0.362. The van der Waals surface area contributed by atoms with E-state index in [1.165, 1.54) is 10.4 Å². The van der Waals surface area contributed by atoms with Crippen molar-refractivity contribution < 1.29 is 4.79 Å². The Hall–Kier alpha value is -1.79. The first-order valence-corrected chi connectivity index (χ1v) is 8.50. The zero-order chi connectivity index (χ0) is 14.9. The second-order valence-corrected chi connectivity index (χ2v) is 7.06. The van der Waals surface area contributed by atoms with Gasteiger partial charge in [0.2, 0.25) is 5.91 Å². The highest BCUT2D eigenvalue weighted by atomic mass is 32.1. The smallest absolute Gasteiger partial charge is 0.229 e. The quantitative estimate of drug-likeness (QED) is 0.942. The molecule has 0 spiro atoms. The van der Waals surface area contributed by atoms with Gasteiger partial charge in [-0.15, -0.1) is 11.3 Å². The number of amides is 1. The summed E-state index contributed by atoms with van der Waals surface area (Å²) in [7, 11) is 0. The van der Waals surface area contributed by atoms with E-state index in [9.17, 15) is 4.79 Å². The summed E-state index contributed by atoms with van der Waals surface area (Å²) in [6, 6.07) is 4.08. The summed E-state index contributed by atoms with van der Waals surface area (Å²) in [6.45, 7) is 2.82. The molecule has 2 aromatic heterocycles. The fraction of sp³-hybridized carbons (Fsp3) is 0.438. The SMILES string of the molecule is O=C(Nc1nc2c(s1)CN(Cc1cccnc1)CC2)C1CC1. The van der Waals surface area contributed by atoms with Crippen molar-refractivity contribution in [1.82, 2.24) is 14.9 Å². The number of fused-ring (bicyclic) bond motifs is 1. The zero-order valence-electron chi connectivity index (χ0n) is 12.3. The van der Waals surface area contributed by atoms with E-state index < -0.39 is 0 Å². The Morgan fingerprint density at radius 1 is 1.45 bits per heavy atom. The predicted molar refractivity (Wildman–Crippen MR) is 85.5 cm³/mol. The van der Waals surface area contributed by atoms with Crippen molar-refractivity contribution in [2.45, 2.75) is 32.4 Å². The number of aromatic nitrogens is 2. The van der Waals surface area contributed by atoms with Crippen molar-refractivity contribution in [3.05, 3.63) is 40.7 Å². The lowest BCUT2D eigenvalue weighted by Crippen LogP contribution is -2.29. The minimum Gasteiger partial charge on any atom is -0.302 e. The van der Waals surface area contributed by atoms with Gasteiger partial charge in [0.05, 0.1) is 5.69 Å². The van der Waals surface area contributed by atoms with Gasteiger partial charge in [-0.2, -0.15) is 0 Å². The first-order valence-electron chi connectivity index (χ1n) is 7.68. The van der Waals surface area contributed by atoms with E-state index in [2.05, 4.69) is 26.3 Å². The van der Waals surface area contributed by atoms with Crippen LogP contribution in [0.3, 0.4) is 0 Å². The van der Waals surface area contributed by atoms with Gasteiger partial charge in [0, 0.05) is 49.2 Å². The summed E-state index contributed by atoms with van der Waals surface area (Å²) in [5.41, 5.74) is 2.39. The predicted octanol–water partition coefficient (Wildman–Crippen LogP) is 2.44. The summed E-state index contributed by atoms with van der Waals surface area (Å²) >= 11 is 1.62. The van der Waals surface area contributed by atoms with Crippen LogP contribution in [0.2, 0.25) is 0 Å². The van der Waals surface area contributed by atoms with Gasteiger partial charge in [-0.3, -0.25) is 14.7 Å². The van der Waals surface area contributed by atoms with Crippen LogP contribution in [-0.4, -0.2) is 27.3 Å². The molecular weight excluding hydrogens is 296 g/mol. The van der Waals surface area contributed by atoms with Crippen LogP contribution in [0.4, 0.5) is 5.13 Å². The van der Waals surface area contributed by atoms with Crippen molar-refractivity contribution in [1.29, 1.82) is 0 Å². The number of pyridine rings is 1. The zero-order valence-corrected chi connectivity index (χ0v) is 13.1. The molecule has 0 atom stereocenters. The third-order valence-electron chi connectivity index (χ3n) is 4.12. The second-order valence-electron chi connectivity index (χ2n) is 5.97. The topological polar surface area (TPSA) is 58.1 Å². The molecular formula is C16H18N4OS. The van der Waals surface area contributed by atoms with E-state index >= 15 is 0 Å². The maximum Gasteiger partial charge on any atom is 0.229 e. The van der Waals surface area contributed by atoms with E-state index in [1.807, 2.05) is 12.3 Å². The van der Waals surface area contributed by atoms with Crippen molar-refractivity contribution in [2.75, 3.05) is 11.9 Å². The van der Waals surface area contributed by atoms with Crippen LogP contribution in [0.1, 0.15) is 29.0 Å². The molecule has 0 aromatic carbocycles. The molecule has 2 aromatic rings. The third-order valence-corrected chi connectivity index (χ3v) is 5.12. The number of rotatable bonds is 4. The fourth-order valence-corrected chi connectivity index (χ4v) is 3.79. The first-order chi connectivity index (χ1) is 10.8. The molecule has 1 N–H and O–H groups in total. The van der Waals surface area contributed by atoms with E-state index in [0.29, 0.717) is 0 Å². The molecule has 0 unspecified atom stereocenters. The summed E-state index contributed by atoms with van der Waals surface area (Å²) < 4.78 is 0. The minimum atomic E-state index is 0.137. The van der Waals surface area contributed by atoms with Crippen LogP contribution in [0.5, 0.6) is 0 Å². The molecule has 1 aliphatic heterocycles. The fourth-order valence-electron chi connectivity index (χ4n) is 2.74. The number of carbonyl (C=O) groups excluding carboxylic acids is 1. The van der Waals surface area contributed by atoms with Gasteiger partial charge in [-0.1, -0.05) is 6.07 Å². The molecule has 1 aliphatic carbocycles. The van der Waals surface area contributed by atoms with Crippen LogP contribution in [0, 0.1) is 5.92 Å². The van der Waals surface area contributed by atoms with Crippen LogP contribution >= 0.6 is 11.3 Å². The molecule has 22 heavy (non-hydrogen) atoms. The standard InChI is InChI=1S/C16H18N4OS/c21-15(12-3-4-12)19-16-18-13-5-7-20(10-14(13)22-16)9-11-2-1-6-17-8-11/h1-2,6,8,12H,3-5,7,9-10H2,(H,18,19,21). The highest BCUT2D eigenvalue weighted by Crippen LogP contribution is 2.33. The first kappa shape index (κ1) is 13.8. The van der Waals surface area contributed by atoms with E-state index in [-0.39, 0.29) is 11.8 Å². The van der Waals surface area contributed by atoms with Crippen LogP contribution < -0.4 is 5.32 Å². The normalized spacial score (nSPS) is 18.0. The van der Waals surface area contributed by atoms with Crippen LogP contribution in [-0.2, 0) is 24.3 Å². The van der Waals surface area contributed by atoms with Gasteiger partial charge in [0.15, 0.2) is 5.13 Å². The molecule has 1 saturated carbocycles. The number of nitrogens with one attached hydrogen (secondary N) is 1. The van der Waals surface area contributed by atoms with Gasteiger partial charge in [0.25, 0.3) is 0 Å². The lowest BCUT2D eigenvalue weighted by atomic mass is 10.1. The Balaban J connectivity index is 1.42. The number of carbonyl (C=O) groups is 1. The number of thiazole rings is 1. The largest absolute Gasteiger partial charge is 0.302 e. The molecule has 3 heterocycles. The molecule has 1 fully saturated rings. The highest BCUT2D eigenvalue weighted by Gasteiger charge is 2.30. The van der Waals surface area contributed by atoms with Crippen molar-refractivity contribution in [3.8, 4) is 0 Å². The lowest BCUT2D eigenvalue weighted by Gasteiger charge is -2.25. The van der Waals surface area contributed by atoms with Crippen molar-refractivity contribution >= 4 is 22.4 Å². The number of nitrogens with zero attached hydrogens (tertiary/aromatic N) is 3. The molecule has 1 amide bonds. The monoisotopic (exact) mass is 314 g/mol. The van der Waals surface area contributed by atoms with Gasteiger partial charge >= 0.3 is 0 Å². The molecule has 2 aliphatic rings. The van der Waals surface area contributed by atoms with E-state index in [4.69, 9.17) is 0 Å². The van der Waals surface area contributed by atoms with Gasteiger partial charge < -0.3 is 5.32 Å². The average Bonchev–Trinajstić information content (AvgIpc) is 3.30.